The number of nitro groups is 1. The van der Waals surface area contributed by atoms with Gasteiger partial charge < -0.3 is 10.6 Å². The first-order chi connectivity index (χ1) is 15.2. The monoisotopic (exact) mass is 563 g/mol. The summed E-state index contributed by atoms with van der Waals surface area (Å²) >= 11 is 1.78. The van der Waals surface area contributed by atoms with Crippen molar-refractivity contribution in [3.63, 3.8) is 0 Å². The molecule has 7 nitrogen and oxygen atoms in total. The van der Waals surface area contributed by atoms with E-state index >= 15 is 0 Å². The molecular weight excluding hydrogens is 537 g/mol. The number of hydrogen-bond acceptors (Lipinski definition) is 5. The van der Waals surface area contributed by atoms with Crippen LogP contribution in [0.25, 0.3) is 0 Å². The summed E-state index contributed by atoms with van der Waals surface area (Å²) in [5, 5.41) is 17.5. The Labute approximate surface area is 209 Å². The Bertz CT molecular complexity index is 973. The molecule has 2 aromatic carbocycles. The van der Waals surface area contributed by atoms with E-state index in [4.69, 9.17) is 0 Å². The van der Waals surface area contributed by atoms with E-state index in [1.165, 1.54) is 17.0 Å². The number of nitrogens with one attached hydrogen (secondary N) is 2. The van der Waals surface area contributed by atoms with Crippen LogP contribution in [0.2, 0.25) is 0 Å². The predicted molar refractivity (Wildman–Crippen MR) is 141 cm³/mol. The minimum atomic E-state index is -0.399. The van der Waals surface area contributed by atoms with Crippen molar-refractivity contribution in [2.24, 2.45) is 4.99 Å². The number of non-ortho nitro benzene ring substituents is 1. The molecule has 0 saturated heterocycles. The largest absolute Gasteiger partial charge is 0.356 e. The molecule has 3 rings (SSSR count). The lowest BCUT2D eigenvalue weighted by atomic mass is 10.2. The minimum absolute atomic E-state index is 0. The number of rotatable bonds is 10. The average molecular weight is 563 g/mol. The van der Waals surface area contributed by atoms with Gasteiger partial charge in [-0.15, -0.1) is 35.7 Å². The Balaban J connectivity index is 0.00000363. The smallest absolute Gasteiger partial charge is 0.269 e. The molecule has 0 atom stereocenters. The fourth-order valence-electron chi connectivity index (χ4n) is 2.78. The number of thioether (sulfide) groups is 1. The van der Waals surface area contributed by atoms with Gasteiger partial charge in [-0.3, -0.25) is 15.1 Å². The van der Waals surface area contributed by atoms with Crippen molar-refractivity contribution in [1.82, 2.24) is 15.6 Å². The zero-order chi connectivity index (χ0) is 21.7. The molecule has 0 bridgehead atoms. The van der Waals surface area contributed by atoms with Gasteiger partial charge in [0, 0.05) is 54.2 Å². The highest BCUT2D eigenvalue weighted by atomic mass is 127. The third-order valence-corrected chi connectivity index (χ3v) is 5.39. The van der Waals surface area contributed by atoms with Gasteiger partial charge >= 0.3 is 0 Å². The number of nitro benzene ring substituents is 1. The van der Waals surface area contributed by atoms with E-state index in [9.17, 15) is 10.1 Å². The summed E-state index contributed by atoms with van der Waals surface area (Å²) in [4.78, 5) is 20.6. The summed E-state index contributed by atoms with van der Waals surface area (Å²) in [6, 6.07) is 22.6. The highest BCUT2D eigenvalue weighted by Crippen LogP contribution is 2.16. The fraction of sp³-hybridized carbons (Fsp3) is 0.217. The second kappa shape index (κ2) is 14.4. The van der Waals surface area contributed by atoms with E-state index in [1.807, 2.05) is 36.4 Å². The minimum Gasteiger partial charge on any atom is -0.356 e. The van der Waals surface area contributed by atoms with Crippen molar-refractivity contribution < 1.29 is 4.92 Å². The molecule has 168 valence electrons. The number of pyridine rings is 1. The standard InChI is InChI=1S/C23H25N5O2S.HI/c29-28(30)21-11-9-19(10-12-21)18-27-23(25-15-13-20-6-4-5-14-24-20)26-16-17-31-22-7-2-1-3-8-22;/h1-12,14H,13,15-18H2,(H2,25,26,27);1H. The van der Waals surface area contributed by atoms with Gasteiger partial charge in [0.25, 0.3) is 5.69 Å². The second-order valence-electron chi connectivity index (χ2n) is 6.67. The molecular formula is C23H26IN5O2S. The van der Waals surface area contributed by atoms with E-state index in [2.05, 4.69) is 32.7 Å². The van der Waals surface area contributed by atoms with Crippen molar-refractivity contribution in [2.75, 3.05) is 18.8 Å². The number of hydrogen-bond donors (Lipinski definition) is 2. The average Bonchev–Trinajstić information content (AvgIpc) is 2.81. The number of guanidine groups is 1. The summed E-state index contributed by atoms with van der Waals surface area (Å²) in [5.74, 6) is 1.62. The number of benzene rings is 2. The lowest BCUT2D eigenvalue weighted by Crippen LogP contribution is -2.39. The van der Waals surface area contributed by atoms with Crippen molar-refractivity contribution in [2.45, 2.75) is 17.9 Å². The van der Waals surface area contributed by atoms with Crippen molar-refractivity contribution >= 4 is 47.4 Å². The maximum Gasteiger partial charge on any atom is 0.269 e. The van der Waals surface area contributed by atoms with Crippen LogP contribution in [0.5, 0.6) is 0 Å². The molecule has 1 aromatic heterocycles. The molecule has 2 N–H and O–H groups in total. The third kappa shape index (κ3) is 9.23. The molecule has 0 spiro atoms. The van der Waals surface area contributed by atoms with Gasteiger partial charge in [-0.25, -0.2) is 4.99 Å². The molecule has 0 unspecified atom stereocenters. The zero-order valence-corrected chi connectivity index (χ0v) is 20.7. The van der Waals surface area contributed by atoms with E-state index in [1.54, 1.807) is 30.1 Å². The molecule has 0 aliphatic rings. The molecule has 3 aromatic rings. The number of halogens is 1. The highest BCUT2D eigenvalue weighted by Gasteiger charge is 2.04. The number of aromatic nitrogens is 1. The predicted octanol–water partition coefficient (Wildman–Crippen LogP) is 4.68. The van der Waals surface area contributed by atoms with E-state index in [-0.39, 0.29) is 29.7 Å². The molecule has 9 heteroatoms. The molecule has 0 aliphatic carbocycles. The Morgan fingerprint density at radius 1 is 0.969 bits per heavy atom. The molecule has 0 radical (unpaired) electrons. The third-order valence-electron chi connectivity index (χ3n) is 4.37. The molecule has 1 heterocycles. The maximum atomic E-state index is 10.8. The molecule has 0 aliphatic heterocycles. The first-order valence-electron chi connectivity index (χ1n) is 10.0. The van der Waals surface area contributed by atoms with Gasteiger partial charge in [-0.1, -0.05) is 36.4 Å². The molecule has 0 amide bonds. The summed E-state index contributed by atoms with van der Waals surface area (Å²) in [6.45, 7) is 1.90. The molecule has 0 fully saturated rings. The van der Waals surface area contributed by atoms with Crippen LogP contribution >= 0.6 is 35.7 Å². The molecule has 32 heavy (non-hydrogen) atoms. The Hall–Kier alpha value is -2.66. The van der Waals surface area contributed by atoms with Crippen molar-refractivity contribution in [1.29, 1.82) is 0 Å². The first kappa shape index (κ1) is 25.6. The van der Waals surface area contributed by atoms with Crippen LogP contribution in [0.4, 0.5) is 5.69 Å². The first-order valence-corrected chi connectivity index (χ1v) is 11.0. The van der Waals surface area contributed by atoms with Crippen LogP contribution in [-0.2, 0) is 13.0 Å². The molecule has 0 saturated carbocycles. The normalized spacial score (nSPS) is 10.8. The Morgan fingerprint density at radius 3 is 2.38 bits per heavy atom. The lowest BCUT2D eigenvalue weighted by molar-refractivity contribution is -0.384. The van der Waals surface area contributed by atoms with Crippen molar-refractivity contribution in [3.8, 4) is 0 Å². The van der Waals surface area contributed by atoms with E-state index in [0.717, 1.165) is 30.0 Å². The van der Waals surface area contributed by atoms with Crippen LogP contribution in [-0.4, -0.2) is 34.7 Å². The number of nitrogens with zero attached hydrogens (tertiary/aromatic N) is 3. The van der Waals surface area contributed by atoms with Crippen LogP contribution in [0.15, 0.2) is 88.9 Å². The van der Waals surface area contributed by atoms with Gasteiger partial charge in [-0.05, 0) is 29.8 Å². The Morgan fingerprint density at radius 2 is 1.69 bits per heavy atom. The van der Waals surface area contributed by atoms with Gasteiger partial charge in [-0.2, -0.15) is 0 Å². The van der Waals surface area contributed by atoms with Gasteiger partial charge in [0.1, 0.15) is 0 Å². The fourth-order valence-corrected chi connectivity index (χ4v) is 3.57. The summed E-state index contributed by atoms with van der Waals surface area (Å²) < 4.78 is 0. The summed E-state index contributed by atoms with van der Waals surface area (Å²) in [5.41, 5.74) is 2.01. The quantitative estimate of drug-likeness (QED) is 0.0709. The second-order valence-corrected chi connectivity index (χ2v) is 7.84. The van der Waals surface area contributed by atoms with Crippen LogP contribution in [0, 0.1) is 10.1 Å². The van der Waals surface area contributed by atoms with Crippen LogP contribution in [0.3, 0.4) is 0 Å². The Kier molecular flexibility index (Phi) is 11.5. The SMILES string of the molecule is I.O=[N+]([O-])c1ccc(CN=C(NCCSc2ccccc2)NCCc2ccccn2)cc1. The lowest BCUT2D eigenvalue weighted by Gasteiger charge is -2.13. The van der Waals surface area contributed by atoms with Gasteiger partial charge in [0.15, 0.2) is 5.96 Å². The van der Waals surface area contributed by atoms with E-state index in [0.29, 0.717) is 19.0 Å². The number of aliphatic imine (C=N–C) groups is 1. The van der Waals surface area contributed by atoms with Crippen molar-refractivity contribution in [3.05, 3.63) is 100 Å². The zero-order valence-electron chi connectivity index (χ0n) is 17.5. The topological polar surface area (TPSA) is 92.5 Å². The van der Waals surface area contributed by atoms with Gasteiger partial charge in [0.2, 0.25) is 0 Å². The van der Waals surface area contributed by atoms with Crippen LogP contribution < -0.4 is 10.6 Å². The van der Waals surface area contributed by atoms with Gasteiger partial charge in [0.05, 0.1) is 11.5 Å². The maximum absolute atomic E-state index is 10.8. The van der Waals surface area contributed by atoms with Crippen LogP contribution in [0.1, 0.15) is 11.3 Å². The highest BCUT2D eigenvalue weighted by molar-refractivity contribution is 14.0. The summed E-state index contributed by atoms with van der Waals surface area (Å²) in [7, 11) is 0. The van der Waals surface area contributed by atoms with E-state index < -0.39 is 4.92 Å². The summed E-state index contributed by atoms with van der Waals surface area (Å²) in [6.07, 6.45) is 2.58.